The summed E-state index contributed by atoms with van der Waals surface area (Å²) in [6, 6.07) is 21.9. The molecule has 0 unspecified atom stereocenters. The zero-order chi connectivity index (χ0) is 15.4. The molecule has 3 aromatic rings. The smallest absolute Gasteiger partial charge is 0.127 e. The Bertz CT molecular complexity index is 663. The van der Waals surface area contributed by atoms with Crippen molar-refractivity contribution in [2.45, 2.75) is 6.92 Å². The number of phenols is 1. The van der Waals surface area contributed by atoms with Crippen molar-refractivity contribution in [3.63, 3.8) is 0 Å². The average Bonchev–Trinajstić information content (AvgIpc) is 2.54. The van der Waals surface area contributed by atoms with E-state index in [0.29, 0.717) is 11.5 Å². The molecule has 0 radical (unpaired) electrons. The van der Waals surface area contributed by atoms with Crippen LogP contribution in [-0.4, -0.2) is 5.11 Å². The first kappa shape index (κ1) is 14.0. The van der Waals surface area contributed by atoms with Crippen LogP contribution in [-0.2, 0) is 0 Å². The maximum absolute atomic E-state index is 9.24. The predicted molar refractivity (Wildman–Crippen MR) is 85.9 cm³/mol. The lowest BCUT2D eigenvalue weighted by atomic mass is 10.2. The van der Waals surface area contributed by atoms with Crippen molar-refractivity contribution in [1.82, 2.24) is 0 Å². The molecule has 22 heavy (non-hydrogen) atoms. The van der Waals surface area contributed by atoms with E-state index in [2.05, 4.69) is 0 Å². The highest BCUT2D eigenvalue weighted by molar-refractivity contribution is 5.39. The van der Waals surface area contributed by atoms with Gasteiger partial charge in [-0.05, 0) is 67.6 Å². The summed E-state index contributed by atoms with van der Waals surface area (Å²) in [6.45, 7) is 2.04. The van der Waals surface area contributed by atoms with Gasteiger partial charge in [-0.1, -0.05) is 17.7 Å². The number of phenolic OH excluding ortho intramolecular Hbond substituents is 1. The third-order valence-electron chi connectivity index (χ3n) is 3.15. The van der Waals surface area contributed by atoms with Gasteiger partial charge in [0.2, 0.25) is 0 Å². The summed E-state index contributed by atoms with van der Waals surface area (Å²) < 4.78 is 11.5. The molecule has 3 nitrogen and oxygen atoms in total. The molecule has 0 aliphatic carbocycles. The summed E-state index contributed by atoms with van der Waals surface area (Å²) in [5.74, 6) is 3.15. The van der Waals surface area contributed by atoms with Gasteiger partial charge in [-0.2, -0.15) is 0 Å². The summed E-state index contributed by atoms with van der Waals surface area (Å²) in [5.41, 5.74) is 1.20. The molecule has 0 heterocycles. The minimum atomic E-state index is 0.217. The molecule has 0 aromatic heterocycles. The van der Waals surface area contributed by atoms with Gasteiger partial charge in [0.25, 0.3) is 0 Å². The van der Waals surface area contributed by atoms with E-state index < -0.39 is 0 Å². The van der Waals surface area contributed by atoms with Crippen LogP contribution < -0.4 is 9.47 Å². The lowest BCUT2D eigenvalue weighted by molar-refractivity contribution is 0.461. The Labute approximate surface area is 129 Å². The molecule has 0 fully saturated rings. The van der Waals surface area contributed by atoms with Gasteiger partial charge in [-0.15, -0.1) is 0 Å². The molecule has 110 valence electrons. The summed E-state index contributed by atoms with van der Waals surface area (Å²) in [4.78, 5) is 0. The largest absolute Gasteiger partial charge is 0.508 e. The molecule has 0 saturated carbocycles. The van der Waals surface area contributed by atoms with Gasteiger partial charge in [0, 0.05) is 0 Å². The fourth-order valence-corrected chi connectivity index (χ4v) is 1.97. The Morgan fingerprint density at radius 3 is 1.27 bits per heavy atom. The van der Waals surface area contributed by atoms with Gasteiger partial charge in [-0.25, -0.2) is 0 Å². The molecule has 0 spiro atoms. The second-order valence-corrected chi connectivity index (χ2v) is 4.98. The highest BCUT2D eigenvalue weighted by Crippen LogP contribution is 2.27. The summed E-state index contributed by atoms with van der Waals surface area (Å²) in [6.07, 6.45) is 0. The van der Waals surface area contributed by atoms with Crippen LogP contribution in [0.25, 0.3) is 0 Å². The molecule has 0 bridgehead atoms. The van der Waals surface area contributed by atoms with Crippen LogP contribution in [0.5, 0.6) is 28.7 Å². The van der Waals surface area contributed by atoms with Gasteiger partial charge in [-0.3, -0.25) is 0 Å². The molecule has 0 amide bonds. The Kier molecular flexibility index (Phi) is 3.97. The lowest BCUT2D eigenvalue weighted by Gasteiger charge is -2.08. The molecular weight excluding hydrogens is 276 g/mol. The first-order chi connectivity index (χ1) is 10.7. The van der Waals surface area contributed by atoms with Crippen molar-refractivity contribution in [3.05, 3.63) is 78.4 Å². The molecule has 0 aliphatic rings. The van der Waals surface area contributed by atoms with Gasteiger partial charge in [0.05, 0.1) is 0 Å². The lowest BCUT2D eigenvalue weighted by Crippen LogP contribution is -1.86. The zero-order valence-corrected chi connectivity index (χ0v) is 12.2. The third kappa shape index (κ3) is 3.58. The van der Waals surface area contributed by atoms with Crippen LogP contribution >= 0.6 is 0 Å². The molecule has 3 rings (SSSR count). The average molecular weight is 292 g/mol. The Balaban J connectivity index is 1.67. The molecule has 0 atom stereocenters. The topological polar surface area (TPSA) is 38.7 Å². The van der Waals surface area contributed by atoms with Crippen LogP contribution in [0.3, 0.4) is 0 Å². The second kappa shape index (κ2) is 6.22. The minimum absolute atomic E-state index is 0.217. The van der Waals surface area contributed by atoms with E-state index in [1.165, 1.54) is 5.56 Å². The van der Waals surface area contributed by atoms with E-state index in [1.807, 2.05) is 55.5 Å². The van der Waals surface area contributed by atoms with E-state index >= 15 is 0 Å². The van der Waals surface area contributed by atoms with Gasteiger partial charge in [0.1, 0.15) is 28.7 Å². The number of hydrogen-bond donors (Lipinski definition) is 1. The molecular formula is C19H16O3. The van der Waals surface area contributed by atoms with Crippen molar-refractivity contribution < 1.29 is 14.6 Å². The highest BCUT2D eigenvalue weighted by atomic mass is 16.5. The molecule has 0 aliphatic heterocycles. The summed E-state index contributed by atoms with van der Waals surface area (Å²) in [5, 5.41) is 9.24. The van der Waals surface area contributed by atoms with E-state index in [4.69, 9.17) is 9.47 Å². The van der Waals surface area contributed by atoms with Crippen LogP contribution in [0.1, 0.15) is 5.56 Å². The quantitative estimate of drug-likeness (QED) is 0.710. The molecule has 1 N–H and O–H groups in total. The Hall–Kier alpha value is -2.94. The standard InChI is InChI=1S/C19H16O3/c1-14-2-6-16(7-3-14)21-18-10-12-19(13-11-18)22-17-8-4-15(20)5-9-17/h2-13,20H,1H3. The van der Waals surface area contributed by atoms with Gasteiger partial charge >= 0.3 is 0 Å². The fraction of sp³-hybridized carbons (Fsp3) is 0.0526. The molecule has 3 heteroatoms. The van der Waals surface area contributed by atoms with Crippen LogP contribution in [0.15, 0.2) is 72.8 Å². The summed E-state index contributed by atoms with van der Waals surface area (Å²) >= 11 is 0. The van der Waals surface area contributed by atoms with Gasteiger partial charge < -0.3 is 14.6 Å². The Morgan fingerprint density at radius 1 is 0.545 bits per heavy atom. The van der Waals surface area contributed by atoms with E-state index in [1.54, 1.807) is 24.3 Å². The van der Waals surface area contributed by atoms with Crippen LogP contribution in [0.4, 0.5) is 0 Å². The van der Waals surface area contributed by atoms with Crippen molar-refractivity contribution in [2.75, 3.05) is 0 Å². The van der Waals surface area contributed by atoms with Crippen molar-refractivity contribution in [2.24, 2.45) is 0 Å². The van der Waals surface area contributed by atoms with E-state index in [9.17, 15) is 5.11 Å². The first-order valence-electron chi connectivity index (χ1n) is 7.00. The van der Waals surface area contributed by atoms with Crippen molar-refractivity contribution in [1.29, 1.82) is 0 Å². The number of benzene rings is 3. The maximum atomic E-state index is 9.24. The number of hydrogen-bond acceptors (Lipinski definition) is 3. The second-order valence-electron chi connectivity index (χ2n) is 4.98. The number of ether oxygens (including phenoxy) is 2. The SMILES string of the molecule is Cc1ccc(Oc2ccc(Oc3ccc(O)cc3)cc2)cc1. The number of rotatable bonds is 4. The first-order valence-corrected chi connectivity index (χ1v) is 7.00. The zero-order valence-electron chi connectivity index (χ0n) is 12.2. The number of aromatic hydroxyl groups is 1. The van der Waals surface area contributed by atoms with E-state index in [0.717, 1.165) is 11.5 Å². The van der Waals surface area contributed by atoms with Crippen LogP contribution in [0.2, 0.25) is 0 Å². The minimum Gasteiger partial charge on any atom is -0.508 e. The fourth-order valence-electron chi connectivity index (χ4n) is 1.97. The predicted octanol–water partition coefficient (Wildman–Crippen LogP) is 5.29. The van der Waals surface area contributed by atoms with Crippen molar-refractivity contribution in [3.8, 4) is 28.7 Å². The number of aryl methyl sites for hydroxylation is 1. The molecule has 0 saturated heterocycles. The normalized spacial score (nSPS) is 10.2. The van der Waals surface area contributed by atoms with E-state index in [-0.39, 0.29) is 5.75 Å². The Morgan fingerprint density at radius 2 is 0.864 bits per heavy atom. The highest BCUT2D eigenvalue weighted by Gasteiger charge is 2.00. The van der Waals surface area contributed by atoms with Crippen molar-refractivity contribution >= 4 is 0 Å². The summed E-state index contributed by atoms with van der Waals surface area (Å²) in [7, 11) is 0. The maximum Gasteiger partial charge on any atom is 0.127 e. The molecule has 3 aromatic carbocycles. The van der Waals surface area contributed by atoms with Gasteiger partial charge in [0.15, 0.2) is 0 Å². The van der Waals surface area contributed by atoms with Crippen LogP contribution in [0, 0.1) is 6.92 Å². The third-order valence-corrected chi connectivity index (χ3v) is 3.15. The monoisotopic (exact) mass is 292 g/mol.